The first kappa shape index (κ1) is 14.8. The molecule has 0 fully saturated rings. The zero-order chi connectivity index (χ0) is 14.7. The van der Waals surface area contributed by atoms with Gasteiger partial charge in [0.05, 0.1) is 12.1 Å². The summed E-state index contributed by atoms with van der Waals surface area (Å²) in [6, 6.07) is 7.46. The topological polar surface area (TPSA) is 21.3 Å². The Balaban J connectivity index is 2.53. The summed E-state index contributed by atoms with van der Waals surface area (Å²) in [6.45, 7) is 0.596. The van der Waals surface area contributed by atoms with E-state index in [4.69, 9.17) is 16.3 Å². The molecule has 2 rings (SSSR count). The first-order chi connectivity index (χ1) is 9.56. The average molecular weight is 298 g/mol. The van der Waals surface area contributed by atoms with Gasteiger partial charge in [-0.1, -0.05) is 17.7 Å². The normalized spacial score (nSPS) is 10.7. The molecule has 2 aromatic rings. The summed E-state index contributed by atoms with van der Waals surface area (Å²) in [5, 5.41) is 3.20. The monoisotopic (exact) mass is 297 g/mol. The van der Waals surface area contributed by atoms with Crippen molar-refractivity contribution in [3.63, 3.8) is 0 Å². The van der Waals surface area contributed by atoms with Crippen LogP contribution in [0.3, 0.4) is 0 Å². The maximum atomic E-state index is 13.4. The van der Waals surface area contributed by atoms with Crippen molar-refractivity contribution in [2.75, 3.05) is 14.2 Å². The van der Waals surface area contributed by atoms with Gasteiger partial charge >= 0.3 is 0 Å². The van der Waals surface area contributed by atoms with Crippen LogP contribution < -0.4 is 10.1 Å². The van der Waals surface area contributed by atoms with E-state index < -0.39 is 11.6 Å². The summed E-state index contributed by atoms with van der Waals surface area (Å²) in [5.41, 5.74) is 2.07. The van der Waals surface area contributed by atoms with E-state index in [1.807, 2.05) is 13.1 Å². The minimum Gasteiger partial charge on any atom is -0.496 e. The number of ether oxygens (including phenoxy) is 1. The summed E-state index contributed by atoms with van der Waals surface area (Å²) < 4.78 is 31.7. The van der Waals surface area contributed by atoms with Crippen LogP contribution in [0.2, 0.25) is 5.02 Å². The van der Waals surface area contributed by atoms with E-state index in [-0.39, 0.29) is 5.02 Å². The molecule has 20 heavy (non-hydrogen) atoms. The summed E-state index contributed by atoms with van der Waals surface area (Å²) in [4.78, 5) is 0. The quantitative estimate of drug-likeness (QED) is 0.861. The Hall–Kier alpha value is -1.65. The third kappa shape index (κ3) is 2.92. The molecule has 0 aliphatic carbocycles. The van der Waals surface area contributed by atoms with Crippen LogP contribution in [0.15, 0.2) is 30.3 Å². The van der Waals surface area contributed by atoms with E-state index in [2.05, 4.69) is 5.32 Å². The summed E-state index contributed by atoms with van der Waals surface area (Å²) in [7, 11) is 3.40. The van der Waals surface area contributed by atoms with E-state index >= 15 is 0 Å². The van der Waals surface area contributed by atoms with Gasteiger partial charge in [0.15, 0.2) is 11.6 Å². The molecule has 2 nitrogen and oxygen atoms in total. The van der Waals surface area contributed by atoms with Gasteiger partial charge in [0.2, 0.25) is 0 Å². The first-order valence-corrected chi connectivity index (χ1v) is 6.41. The molecule has 1 N–H and O–H groups in total. The minimum absolute atomic E-state index is 0.171. The lowest BCUT2D eigenvalue weighted by atomic mass is 10.0. The maximum Gasteiger partial charge on any atom is 0.160 e. The number of methoxy groups -OCH3 is 1. The average Bonchev–Trinajstić information content (AvgIpc) is 2.43. The fraction of sp³-hybridized carbons (Fsp3) is 0.200. The second kappa shape index (κ2) is 6.20. The molecule has 0 aliphatic rings. The molecule has 2 aromatic carbocycles. The van der Waals surface area contributed by atoms with Crippen LogP contribution >= 0.6 is 11.6 Å². The minimum atomic E-state index is -0.956. The van der Waals surface area contributed by atoms with Crippen LogP contribution in [-0.2, 0) is 6.54 Å². The second-order valence-electron chi connectivity index (χ2n) is 4.30. The Morgan fingerprint density at radius 1 is 1.15 bits per heavy atom. The zero-order valence-corrected chi connectivity index (χ0v) is 11.9. The van der Waals surface area contributed by atoms with Crippen molar-refractivity contribution in [3.05, 3.63) is 52.6 Å². The highest BCUT2D eigenvalue weighted by Crippen LogP contribution is 2.32. The molecule has 0 saturated carbocycles. The van der Waals surface area contributed by atoms with E-state index in [9.17, 15) is 8.78 Å². The number of benzene rings is 2. The lowest BCUT2D eigenvalue weighted by Crippen LogP contribution is -2.06. The predicted octanol–water partition coefficient (Wildman–Crippen LogP) is 4.01. The maximum absolute atomic E-state index is 13.4. The Labute approximate surface area is 121 Å². The molecule has 0 aliphatic heterocycles. The van der Waals surface area contributed by atoms with Gasteiger partial charge < -0.3 is 10.1 Å². The largest absolute Gasteiger partial charge is 0.496 e. The van der Waals surface area contributed by atoms with Gasteiger partial charge in [0, 0.05) is 17.7 Å². The van der Waals surface area contributed by atoms with Crippen LogP contribution in [-0.4, -0.2) is 14.2 Å². The molecule has 0 unspecified atom stereocenters. The molecule has 0 spiro atoms. The smallest absolute Gasteiger partial charge is 0.160 e. The van der Waals surface area contributed by atoms with Crippen molar-refractivity contribution < 1.29 is 13.5 Å². The molecule has 0 radical (unpaired) electrons. The van der Waals surface area contributed by atoms with Crippen molar-refractivity contribution in [2.24, 2.45) is 0 Å². The molecule has 0 saturated heterocycles. The van der Waals surface area contributed by atoms with Gasteiger partial charge in [-0.3, -0.25) is 0 Å². The molecule has 5 heteroatoms. The fourth-order valence-corrected chi connectivity index (χ4v) is 2.28. The molecular formula is C15H14ClF2NO. The summed E-state index contributed by atoms with van der Waals surface area (Å²) >= 11 is 5.99. The van der Waals surface area contributed by atoms with E-state index in [0.717, 1.165) is 23.4 Å². The van der Waals surface area contributed by atoms with Crippen molar-refractivity contribution in [2.45, 2.75) is 6.54 Å². The molecule has 0 heterocycles. The standard InChI is InChI=1S/C15H14ClF2NO/c1-19-8-10-5-9(3-4-15(10)20-2)11-6-13(17)14(18)7-12(11)16/h3-7,19H,8H2,1-2H3. The van der Waals surface area contributed by atoms with Crippen molar-refractivity contribution >= 4 is 11.6 Å². The van der Waals surface area contributed by atoms with Crippen LogP contribution in [0, 0.1) is 11.6 Å². The van der Waals surface area contributed by atoms with Gasteiger partial charge in [-0.2, -0.15) is 0 Å². The summed E-state index contributed by atoms with van der Waals surface area (Å²) in [5.74, 6) is -1.15. The predicted molar refractivity (Wildman–Crippen MR) is 76.1 cm³/mol. The Kier molecular flexibility index (Phi) is 4.57. The van der Waals surface area contributed by atoms with Crippen molar-refractivity contribution in [1.29, 1.82) is 0 Å². The molecular weight excluding hydrogens is 284 g/mol. The third-order valence-corrected chi connectivity index (χ3v) is 3.28. The fourth-order valence-electron chi connectivity index (χ4n) is 2.02. The van der Waals surface area contributed by atoms with Crippen LogP contribution in [0.4, 0.5) is 8.78 Å². The van der Waals surface area contributed by atoms with Gasteiger partial charge in [0.25, 0.3) is 0 Å². The Bertz CT molecular complexity index is 632. The van der Waals surface area contributed by atoms with Crippen LogP contribution in [0.5, 0.6) is 5.75 Å². The highest BCUT2D eigenvalue weighted by atomic mass is 35.5. The highest BCUT2D eigenvalue weighted by molar-refractivity contribution is 6.33. The van der Waals surface area contributed by atoms with E-state index in [1.54, 1.807) is 19.2 Å². The Morgan fingerprint density at radius 3 is 2.50 bits per heavy atom. The van der Waals surface area contributed by atoms with E-state index in [0.29, 0.717) is 17.7 Å². The third-order valence-electron chi connectivity index (χ3n) is 2.97. The molecule has 0 aromatic heterocycles. The number of nitrogens with one attached hydrogen (secondary N) is 1. The SMILES string of the molecule is CNCc1cc(-c2cc(F)c(F)cc2Cl)ccc1OC. The number of hydrogen-bond acceptors (Lipinski definition) is 2. The number of halogens is 3. The molecule has 0 bridgehead atoms. The van der Waals surface area contributed by atoms with Crippen molar-refractivity contribution in [1.82, 2.24) is 5.32 Å². The van der Waals surface area contributed by atoms with Gasteiger partial charge in [-0.15, -0.1) is 0 Å². The summed E-state index contributed by atoms with van der Waals surface area (Å²) in [6.07, 6.45) is 0. The van der Waals surface area contributed by atoms with Crippen molar-refractivity contribution in [3.8, 4) is 16.9 Å². The van der Waals surface area contributed by atoms with Crippen LogP contribution in [0.1, 0.15) is 5.56 Å². The number of hydrogen-bond donors (Lipinski definition) is 1. The second-order valence-corrected chi connectivity index (χ2v) is 4.71. The number of rotatable bonds is 4. The van der Waals surface area contributed by atoms with Gasteiger partial charge in [-0.05, 0) is 36.9 Å². The van der Waals surface area contributed by atoms with E-state index in [1.165, 1.54) is 0 Å². The van der Waals surface area contributed by atoms with Gasteiger partial charge in [0.1, 0.15) is 5.75 Å². The van der Waals surface area contributed by atoms with Gasteiger partial charge in [-0.25, -0.2) is 8.78 Å². The zero-order valence-electron chi connectivity index (χ0n) is 11.1. The lowest BCUT2D eigenvalue weighted by Gasteiger charge is -2.12. The lowest BCUT2D eigenvalue weighted by molar-refractivity contribution is 0.408. The first-order valence-electron chi connectivity index (χ1n) is 6.03. The molecule has 0 amide bonds. The highest BCUT2D eigenvalue weighted by Gasteiger charge is 2.12. The Morgan fingerprint density at radius 2 is 1.85 bits per heavy atom. The van der Waals surface area contributed by atoms with Crippen LogP contribution in [0.25, 0.3) is 11.1 Å². The molecule has 106 valence electrons. The molecule has 0 atom stereocenters.